The number of rotatable bonds is 11. The third-order valence-corrected chi connectivity index (χ3v) is 4.37. The number of amides is 1. The first kappa shape index (κ1) is 22.1. The molecule has 1 aromatic carbocycles. The first-order valence-corrected chi connectivity index (χ1v) is 10.5. The number of nitrogens with zero attached hydrogens (tertiary/aromatic N) is 3. The highest BCUT2D eigenvalue weighted by molar-refractivity contribution is 5.95. The molecule has 8 heteroatoms. The second-order valence-corrected chi connectivity index (χ2v) is 6.54. The zero-order valence-electron chi connectivity index (χ0n) is 18.1. The van der Waals surface area contributed by atoms with E-state index in [4.69, 9.17) is 14.2 Å². The monoisotopic (exact) mass is 424 g/mol. The molecule has 0 atom stereocenters. The summed E-state index contributed by atoms with van der Waals surface area (Å²) in [6.07, 6.45) is 3.60. The van der Waals surface area contributed by atoms with Gasteiger partial charge in [-0.2, -0.15) is 5.10 Å². The van der Waals surface area contributed by atoms with Crippen LogP contribution in [0.5, 0.6) is 17.2 Å². The van der Waals surface area contributed by atoms with E-state index in [2.05, 4.69) is 15.4 Å². The van der Waals surface area contributed by atoms with Gasteiger partial charge < -0.3 is 19.5 Å². The van der Waals surface area contributed by atoms with E-state index in [1.54, 1.807) is 23.0 Å². The minimum Gasteiger partial charge on any atom is -0.490 e. The Labute approximate surface area is 182 Å². The lowest BCUT2D eigenvalue weighted by Crippen LogP contribution is -2.27. The lowest BCUT2D eigenvalue weighted by molar-refractivity contribution is 0.0950. The molecular formula is C23H28N4O4. The second kappa shape index (κ2) is 11.0. The Morgan fingerprint density at radius 3 is 2.29 bits per heavy atom. The standard InChI is InChI=1S/C23H28N4O4/c1-4-29-20-15-17(16-21(30-5-2)22(20)31-6-3)23(28)25-12-14-27-13-10-19(26-27)18-9-7-8-11-24-18/h7-11,13,15-16H,4-6,12,14H2,1-3H3,(H,25,28). The smallest absolute Gasteiger partial charge is 0.251 e. The Bertz CT molecular complexity index is 961. The minimum absolute atomic E-state index is 0.220. The maximum absolute atomic E-state index is 12.7. The van der Waals surface area contributed by atoms with Crippen molar-refractivity contribution in [2.24, 2.45) is 0 Å². The second-order valence-electron chi connectivity index (χ2n) is 6.54. The number of hydrogen-bond donors (Lipinski definition) is 1. The number of pyridine rings is 1. The molecule has 3 rings (SSSR count). The lowest BCUT2D eigenvalue weighted by Gasteiger charge is -2.17. The van der Waals surface area contributed by atoms with Crippen LogP contribution in [0, 0.1) is 0 Å². The average Bonchev–Trinajstić information content (AvgIpc) is 3.25. The van der Waals surface area contributed by atoms with Gasteiger partial charge in [-0.3, -0.25) is 14.5 Å². The van der Waals surface area contributed by atoms with E-state index in [1.807, 2.05) is 51.2 Å². The van der Waals surface area contributed by atoms with E-state index >= 15 is 0 Å². The zero-order valence-corrected chi connectivity index (χ0v) is 18.1. The minimum atomic E-state index is -0.220. The fourth-order valence-corrected chi connectivity index (χ4v) is 3.04. The molecule has 31 heavy (non-hydrogen) atoms. The summed E-state index contributed by atoms with van der Waals surface area (Å²) in [4.78, 5) is 17.0. The summed E-state index contributed by atoms with van der Waals surface area (Å²) in [6.45, 7) is 7.98. The Hall–Kier alpha value is -3.55. The number of aromatic nitrogens is 3. The summed E-state index contributed by atoms with van der Waals surface area (Å²) in [5.41, 5.74) is 2.05. The van der Waals surface area contributed by atoms with Gasteiger partial charge in [0.25, 0.3) is 5.91 Å². The summed E-state index contributed by atoms with van der Waals surface area (Å²) in [6, 6.07) is 11.0. The van der Waals surface area contributed by atoms with Crippen molar-refractivity contribution in [3.8, 4) is 28.6 Å². The molecule has 0 spiro atoms. The predicted octanol–water partition coefficient (Wildman–Crippen LogP) is 3.57. The van der Waals surface area contributed by atoms with Crippen LogP contribution in [0.1, 0.15) is 31.1 Å². The highest BCUT2D eigenvalue weighted by atomic mass is 16.5. The van der Waals surface area contributed by atoms with Gasteiger partial charge in [0.05, 0.1) is 32.1 Å². The van der Waals surface area contributed by atoms with Crippen molar-refractivity contribution < 1.29 is 19.0 Å². The molecule has 2 heterocycles. The number of ether oxygens (including phenoxy) is 3. The summed E-state index contributed by atoms with van der Waals surface area (Å²) < 4.78 is 18.8. The number of hydrogen-bond acceptors (Lipinski definition) is 6. The molecule has 0 unspecified atom stereocenters. The molecule has 0 bridgehead atoms. The van der Waals surface area contributed by atoms with Crippen molar-refractivity contribution >= 4 is 5.91 Å². The third-order valence-electron chi connectivity index (χ3n) is 4.37. The van der Waals surface area contributed by atoms with Crippen LogP contribution in [0.3, 0.4) is 0 Å². The molecular weight excluding hydrogens is 396 g/mol. The Kier molecular flexibility index (Phi) is 7.86. The lowest BCUT2D eigenvalue weighted by atomic mass is 10.1. The van der Waals surface area contributed by atoms with Crippen molar-refractivity contribution in [3.05, 3.63) is 54.4 Å². The van der Waals surface area contributed by atoms with Crippen molar-refractivity contribution in [1.82, 2.24) is 20.1 Å². The molecule has 0 aliphatic rings. The van der Waals surface area contributed by atoms with Gasteiger partial charge in [0.1, 0.15) is 5.69 Å². The molecule has 2 aromatic heterocycles. The van der Waals surface area contributed by atoms with Gasteiger partial charge in [-0.05, 0) is 51.1 Å². The van der Waals surface area contributed by atoms with Gasteiger partial charge in [-0.1, -0.05) is 6.07 Å². The van der Waals surface area contributed by atoms with E-state index in [0.29, 0.717) is 55.7 Å². The molecule has 1 amide bonds. The van der Waals surface area contributed by atoms with E-state index in [-0.39, 0.29) is 5.91 Å². The maximum Gasteiger partial charge on any atom is 0.251 e. The Morgan fingerprint density at radius 1 is 0.968 bits per heavy atom. The molecule has 1 N–H and O–H groups in total. The molecule has 3 aromatic rings. The van der Waals surface area contributed by atoms with E-state index in [1.165, 1.54) is 0 Å². The summed E-state index contributed by atoms with van der Waals surface area (Å²) >= 11 is 0. The van der Waals surface area contributed by atoms with Gasteiger partial charge in [0, 0.05) is 24.5 Å². The van der Waals surface area contributed by atoms with Crippen LogP contribution < -0.4 is 19.5 Å². The normalized spacial score (nSPS) is 10.5. The Balaban J connectivity index is 1.66. The van der Waals surface area contributed by atoms with Crippen LogP contribution in [0.15, 0.2) is 48.8 Å². The van der Waals surface area contributed by atoms with E-state index in [9.17, 15) is 4.79 Å². The van der Waals surface area contributed by atoms with E-state index < -0.39 is 0 Å². The molecule has 0 aliphatic heterocycles. The van der Waals surface area contributed by atoms with Gasteiger partial charge >= 0.3 is 0 Å². The van der Waals surface area contributed by atoms with Crippen LogP contribution >= 0.6 is 0 Å². The van der Waals surface area contributed by atoms with Gasteiger partial charge in [0.15, 0.2) is 11.5 Å². The summed E-state index contributed by atoms with van der Waals surface area (Å²) in [7, 11) is 0. The number of benzene rings is 1. The molecule has 0 aliphatic carbocycles. The van der Waals surface area contributed by atoms with Crippen molar-refractivity contribution in [1.29, 1.82) is 0 Å². The van der Waals surface area contributed by atoms with Crippen LogP contribution in [-0.4, -0.2) is 47.0 Å². The number of carbonyl (C=O) groups excluding carboxylic acids is 1. The highest BCUT2D eigenvalue weighted by Gasteiger charge is 2.18. The summed E-state index contributed by atoms with van der Waals surface area (Å²) in [5.74, 6) is 1.28. The average molecular weight is 425 g/mol. The van der Waals surface area contributed by atoms with Crippen LogP contribution in [0.4, 0.5) is 0 Å². The molecule has 164 valence electrons. The number of carbonyl (C=O) groups is 1. The number of nitrogens with one attached hydrogen (secondary N) is 1. The Morgan fingerprint density at radius 2 is 1.68 bits per heavy atom. The topological polar surface area (TPSA) is 87.5 Å². The highest BCUT2D eigenvalue weighted by Crippen LogP contribution is 2.39. The maximum atomic E-state index is 12.7. The van der Waals surface area contributed by atoms with Crippen LogP contribution in [0.25, 0.3) is 11.4 Å². The summed E-state index contributed by atoms with van der Waals surface area (Å²) in [5, 5.41) is 7.42. The predicted molar refractivity (Wildman–Crippen MR) is 118 cm³/mol. The van der Waals surface area contributed by atoms with Crippen LogP contribution in [-0.2, 0) is 6.54 Å². The quantitative estimate of drug-likeness (QED) is 0.506. The van der Waals surface area contributed by atoms with Gasteiger partial charge in [-0.25, -0.2) is 0 Å². The zero-order chi connectivity index (χ0) is 22.1. The van der Waals surface area contributed by atoms with Gasteiger partial charge in [-0.15, -0.1) is 0 Å². The molecule has 0 radical (unpaired) electrons. The third kappa shape index (κ3) is 5.75. The SMILES string of the molecule is CCOc1cc(C(=O)NCCn2ccc(-c3ccccn3)n2)cc(OCC)c1OCC. The van der Waals surface area contributed by atoms with Crippen molar-refractivity contribution in [2.45, 2.75) is 27.3 Å². The fraction of sp³-hybridized carbons (Fsp3) is 0.348. The molecule has 8 nitrogen and oxygen atoms in total. The van der Waals surface area contributed by atoms with Crippen LogP contribution in [0.2, 0.25) is 0 Å². The first-order valence-electron chi connectivity index (χ1n) is 10.5. The first-order chi connectivity index (χ1) is 15.2. The molecule has 0 fully saturated rings. The molecule has 0 saturated heterocycles. The van der Waals surface area contributed by atoms with E-state index in [0.717, 1.165) is 11.4 Å². The van der Waals surface area contributed by atoms with Gasteiger partial charge in [0.2, 0.25) is 5.75 Å². The van der Waals surface area contributed by atoms with Crippen molar-refractivity contribution in [2.75, 3.05) is 26.4 Å². The largest absolute Gasteiger partial charge is 0.490 e. The molecule has 0 saturated carbocycles. The fourth-order valence-electron chi connectivity index (χ4n) is 3.04. The van der Waals surface area contributed by atoms with Crippen molar-refractivity contribution in [3.63, 3.8) is 0 Å².